The van der Waals surface area contributed by atoms with Crippen molar-refractivity contribution in [3.05, 3.63) is 21.1 Å². The third kappa shape index (κ3) is 4.60. The van der Waals surface area contributed by atoms with Gasteiger partial charge in [-0.3, -0.25) is 10.1 Å². The second-order valence-corrected chi connectivity index (χ2v) is 4.68. The fourth-order valence-electron chi connectivity index (χ4n) is 1.52. The van der Waals surface area contributed by atoms with Crippen molar-refractivity contribution in [3.8, 4) is 0 Å². The maximum absolute atomic E-state index is 11.0. The van der Waals surface area contributed by atoms with E-state index >= 15 is 0 Å². The Labute approximate surface area is 117 Å². The summed E-state index contributed by atoms with van der Waals surface area (Å²) in [7, 11) is 3.94. The van der Waals surface area contributed by atoms with Crippen LogP contribution in [0.1, 0.15) is 19.2 Å². The molecular formula is C11H18ClN5O2. The summed E-state index contributed by atoms with van der Waals surface area (Å²) in [4.78, 5) is 20.5. The van der Waals surface area contributed by atoms with Gasteiger partial charge in [-0.05, 0) is 27.1 Å². The van der Waals surface area contributed by atoms with E-state index in [1.807, 2.05) is 25.9 Å². The van der Waals surface area contributed by atoms with E-state index < -0.39 is 4.92 Å². The van der Waals surface area contributed by atoms with E-state index in [9.17, 15) is 10.1 Å². The lowest BCUT2D eigenvalue weighted by Crippen LogP contribution is -2.17. The van der Waals surface area contributed by atoms with E-state index in [0.29, 0.717) is 18.8 Å². The predicted octanol–water partition coefficient (Wildman–Crippen LogP) is 1.96. The number of anilines is 1. The zero-order valence-electron chi connectivity index (χ0n) is 11.3. The van der Waals surface area contributed by atoms with Crippen molar-refractivity contribution in [2.75, 3.05) is 32.5 Å². The monoisotopic (exact) mass is 287 g/mol. The number of hydrogen-bond donors (Lipinski definition) is 1. The Morgan fingerprint density at radius 2 is 2.11 bits per heavy atom. The average molecular weight is 288 g/mol. The van der Waals surface area contributed by atoms with Crippen molar-refractivity contribution >= 4 is 23.1 Å². The van der Waals surface area contributed by atoms with E-state index in [0.717, 1.165) is 13.0 Å². The van der Waals surface area contributed by atoms with Crippen molar-refractivity contribution < 1.29 is 4.92 Å². The SMILES string of the molecule is CCc1nc(Cl)c([N+](=O)[O-])c(NCCCN(C)C)n1. The first-order valence-corrected chi connectivity index (χ1v) is 6.42. The number of hydrogen-bond acceptors (Lipinski definition) is 6. The summed E-state index contributed by atoms with van der Waals surface area (Å²) in [6, 6.07) is 0. The Morgan fingerprint density at radius 1 is 1.42 bits per heavy atom. The normalized spacial score (nSPS) is 10.8. The Hall–Kier alpha value is -1.47. The summed E-state index contributed by atoms with van der Waals surface area (Å²) in [5, 5.41) is 13.8. The summed E-state index contributed by atoms with van der Waals surface area (Å²) in [6.45, 7) is 3.35. The highest BCUT2D eigenvalue weighted by atomic mass is 35.5. The molecule has 0 aromatic carbocycles. The zero-order chi connectivity index (χ0) is 14.4. The highest BCUT2D eigenvalue weighted by molar-refractivity contribution is 6.31. The van der Waals surface area contributed by atoms with E-state index in [2.05, 4.69) is 15.3 Å². The zero-order valence-corrected chi connectivity index (χ0v) is 12.1. The number of halogens is 1. The third-order valence-electron chi connectivity index (χ3n) is 2.46. The molecule has 0 aliphatic rings. The summed E-state index contributed by atoms with van der Waals surface area (Å²) in [5.74, 6) is 0.686. The number of aromatic nitrogens is 2. The molecule has 19 heavy (non-hydrogen) atoms. The molecule has 0 atom stereocenters. The van der Waals surface area contributed by atoms with Gasteiger partial charge in [0, 0.05) is 13.0 Å². The van der Waals surface area contributed by atoms with Crippen molar-refractivity contribution in [2.24, 2.45) is 0 Å². The number of nitro groups is 1. The quantitative estimate of drug-likeness (QED) is 0.357. The van der Waals surface area contributed by atoms with E-state index in [4.69, 9.17) is 11.6 Å². The molecule has 1 N–H and O–H groups in total. The van der Waals surface area contributed by atoms with Gasteiger partial charge in [0.25, 0.3) is 0 Å². The van der Waals surface area contributed by atoms with Crippen molar-refractivity contribution in [2.45, 2.75) is 19.8 Å². The molecule has 0 aliphatic heterocycles. The minimum absolute atomic E-state index is 0.119. The highest BCUT2D eigenvalue weighted by Gasteiger charge is 2.22. The first-order chi connectivity index (χ1) is 8.95. The van der Waals surface area contributed by atoms with Crippen LogP contribution in [0, 0.1) is 10.1 Å². The molecule has 1 aromatic rings. The van der Waals surface area contributed by atoms with Gasteiger partial charge in [-0.2, -0.15) is 0 Å². The minimum Gasteiger partial charge on any atom is -0.364 e. The van der Waals surface area contributed by atoms with Crippen LogP contribution in [0.25, 0.3) is 0 Å². The average Bonchev–Trinajstić information content (AvgIpc) is 2.33. The van der Waals surface area contributed by atoms with Gasteiger partial charge in [-0.25, -0.2) is 9.97 Å². The van der Waals surface area contributed by atoms with Gasteiger partial charge in [0.15, 0.2) is 0 Å². The molecule has 106 valence electrons. The lowest BCUT2D eigenvalue weighted by Gasteiger charge is -2.11. The first-order valence-electron chi connectivity index (χ1n) is 6.05. The number of nitrogens with zero attached hydrogens (tertiary/aromatic N) is 4. The molecule has 0 spiro atoms. The molecule has 0 radical (unpaired) electrons. The van der Waals surface area contributed by atoms with E-state index in [1.54, 1.807) is 0 Å². The smallest absolute Gasteiger partial charge is 0.348 e. The molecule has 1 heterocycles. The highest BCUT2D eigenvalue weighted by Crippen LogP contribution is 2.29. The summed E-state index contributed by atoms with van der Waals surface area (Å²) in [6.07, 6.45) is 1.43. The van der Waals surface area contributed by atoms with Crippen LogP contribution in [0.15, 0.2) is 0 Å². The molecule has 0 saturated carbocycles. The topological polar surface area (TPSA) is 84.2 Å². The number of rotatable bonds is 7. The second kappa shape index (κ2) is 7.20. The molecule has 0 fully saturated rings. The van der Waals surface area contributed by atoms with Crippen molar-refractivity contribution in [1.29, 1.82) is 0 Å². The Morgan fingerprint density at radius 3 is 2.63 bits per heavy atom. The third-order valence-corrected chi connectivity index (χ3v) is 2.72. The van der Waals surface area contributed by atoms with E-state index in [-0.39, 0.29) is 16.7 Å². The molecule has 0 unspecified atom stereocenters. The molecule has 1 aromatic heterocycles. The van der Waals surface area contributed by atoms with Crippen LogP contribution in [0.3, 0.4) is 0 Å². The molecule has 0 aliphatic carbocycles. The Kier molecular flexibility index (Phi) is 5.91. The lowest BCUT2D eigenvalue weighted by molar-refractivity contribution is -0.384. The van der Waals surface area contributed by atoms with Crippen LogP contribution in [0.5, 0.6) is 0 Å². The van der Waals surface area contributed by atoms with Gasteiger partial charge in [-0.15, -0.1) is 0 Å². The molecule has 7 nitrogen and oxygen atoms in total. The Bertz CT molecular complexity index is 453. The predicted molar refractivity (Wildman–Crippen MR) is 74.7 cm³/mol. The van der Waals surface area contributed by atoms with Crippen LogP contribution in [-0.4, -0.2) is 47.0 Å². The van der Waals surface area contributed by atoms with Gasteiger partial charge in [-0.1, -0.05) is 18.5 Å². The number of nitrogens with one attached hydrogen (secondary N) is 1. The van der Waals surface area contributed by atoms with Crippen LogP contribution in [0.2, 0.25) is 5.15 Å². The maximum Gasteiger partial charge on any atom is 0.348 e. The van der Waals surface area contributed by atoms with Gasteiger partial charge in [0.05, 0.1) is 4.92 Å². The lowest BCUT2D eigenvalue weighted by atomic mass is 10.3. The van der Waals surface area contributed by atoms with Gasteiger partial charge in [0.1, 0.15) is 5.82 Å². The van der Waals surface area contributed by atoms with Crippen LogP contribution < -0.4 is 5.32 Å². The first kappa shape index (κ1) is 15.6. The van der Waals surface area contributed by atoms with Crippen LogP contribution in [-0.2, 0) is 6.42 Å². The molecule has 1 rings (SSSR count). The van der Waals surface area contributed by atoms with E-state index in [1.165, 1.54) is 0 Å². The number of aryl methyl sites for hydroxylation is 1. The van der Waals surface area contributed by atoms with Gasteiger partial charge < -0.3 is 10.2 Å². The Balaban J connectivity index is 2.84. The van der Waals surface area contributed by atoms with Crippen molar-refractivity contribution in [1.82, 2.24) is 14.9 Å². The summed E-state index contributed by atoms with van der Waals surface area (Å²) in [5.41, 5.74) is -0.260. The van der Waals surface area contributed by atoms with Crippen LogP contribution in [0.4, 0.5) is 11.5 Å². The fourth-order valence-corrected chi connectivity index (χ4v) is 1.77. The molecule has 8 heteroatoms. The summed E-state index contributed by atoms with van der Waals surface area (Å²) >= 11 is 5.83. The summed E-state index contributed by atoms with van der Waals surface area (Å²) < 4.78 is 0. The second-order valence-electron chi connectivity index (χ2n) is 4.32. The van der Waals surface area contributed by atoms with Gasteiger partial charge >= 0.3 is 5.69 Å². The minimum atomic E-state index is -0.559. The fraction of sp³-hybridized carbons (Fsp3) is 0.636. The standard InChI is InChI=1S/C11H18ClN5O2/c1-4-8-14-10(12)9(17(18)19)11(15-8)13-6-5-7-16(2)3/h4-7H2,1-3H3,(H,13,14,15). The van der Waals surface area contributed by atoms with Crippen molar-refractivity contribution in [3.63, 3.8) is 0 Å². The molecule has 0 amide bonds. The molecular weight excluding hydrogens is 270 g/mol. The maximum atomic E-state index is 11.0. The largest absolute Gasteiger partial charge is 0.364 e. The van der Waals surface area contributed by atoms with Gasteiger partial charge in [0.2, 0.25) is 11.0 Å². The molecule has 0 bridgehead atoms. The molecule has 0 saturated heterocycles. The van der Waals surface area contributed by atoms with Crippen LogP contribution >= 0.6 is 11.6 Å².